The van der Waals surface area contributed by atoms with Crippen molar-refractivity contribution >= 4 is 0 Å². The molecule has 0 spiro atoms. The van der Waals surface area contributed by atoms with E-state index < -0.39 is 11.7 Å². The maximum atomic E-state index is 10.5. The minimum Gasteiger partial charge on any atom is -0.508 e. The molecule has 21 heavy (non-hydrogen) atoms. The standard InChI is InChI=1S/C18H16O3/c19-16-11-5-4-10-15(16)18(13-7-6-12-17(18)20)21-14-8-2-1-3-9-14/h1-13,17,19-20H/t17-,18-/m1/s1. The molecule has 2 atom stereocenters. The highest BCUT2D eigenvalue weighted by atomic mass is 16.5. The third-order valence-corrected chi connectivity index (χ3v) is 3.54. The second kappa shape index (κ2) is 5.46. The van der Waals surface area contributed by atoms with Crippen molar-refractivity contribution < 1.29 is 14.9 Å². The van der Waals surface area contributed by atoms with Crippen LogP contribution >= 0.6 is 0 Å². The average Bonchev–Trinajstić information content (AvgIpc) is 2.51. The molecule has 1 aliphatic rings. The van der Waals surface area contributed by atoms with Gasteiger partial charge in [-0.1, -0.05) is 54.6 Å². The van der Waals surface area contributed by atoms with Crippen molar-refractivity contribution in [2.45, 2.75) is 11.7 Å². The second-order valence-corrected chi connectivity index (χ2v) is 4.91. The second-order valence-electron chi connectivity index (χ2n) is 4.91. The summed E-state index contributed by atoms with van der Waals surface area (Å²) < 4.78 is 6.07. The maximum absolute atomic E-state index is 10.5. The minimum absolute atomic E-state index is 0.0902. The zero-order valence-corrected chi connectivity index (χ0v) is 11.4. The van der Waals surface area contributed by atoms with Crippen molar-refractivity contribution in [3.8, 4) is 11.5 Å². The number of allylic oxidation sites excluding steroid dienone is 2. The molecule has 0 bridgehead atoms. The van der Waals surface area contributed by atoms with Crippen LogP contribution in [-0.4, -0.2) is 16.3 Å². The van der Waals surface area contributed by atoms with Crippen molar-refractivity contribution in [1.82, 2.24) is 0 Å². The lowest BCUT2D eigenvalue weighted by atomic mass is 9.84. The van der Waals surface area contributed by atoms with Gasteiger partial charge in [-0.25, -0.2) is 0 Å². The van der Waals surface area contributed by atoms with Crippen molar-refractivity contribution in [2.24, 2.45) is 0 Å². The first-order valence-electron chi connectivity index (χ1n) is 6.79. The van der Waals surface area contributed by atoms with E-state index in [1.165, 1.54) is 0 Å². The highest BCUT2D eigenvalue weighted by molar-refractivity contribution is 5.45. The molecule has 3 nitrogen and oxygen atoms in total. The van der Waals surface area contributed by atoms with E-state index >= 15 is 0 Å². The fourth-order valence-corrected chi connectivity index (χ4v) is 2.50. The third-order valence-electron chi connectivity index (χ3n) is 3.54. The summed E-state index contributed by atoms with van der Waals surface area (Å²) in [4.78, 5) is 0. The Hall–Kier alpha value is -2.52. The topological polar surface area (TPSA) is 49.7 Å². The Labute approximate surface area is 123 Å². The number of benzene rings is 2. The molecule has 0 fully saturated rings. The first kappa shape index (κ1) is 13.5. The van der Waals surface area contributed by atoms with Gasteiger partial charge >= 0.3 is 0 Å². The first-order chi connectivity index (χ1) is 10.2. The van der Waals surface area contributed by atoms with Crippen LogP contribution in [0, 0.1) is 0 Å². The fourth-order valence-electron chi connectivity index (χ4n) is 2.50. The van der Waals surface area contributed by atoms with Crippen molar-refractivity contribution in [3.05, 3.63) is 84.5 Å². The predicted molar refractivity (Wildman–Crippen MR) is 81.1 cm³/mol. The minimum atomic E-state index is -1.14. The molecule has 0 saturated heterocycles. The average molecular weight is 280 g/mol. The van der Waals surface area contributed by atoms with E-state index in [1.807, 2.05) is 42.5 Å². The van der Waals surface area contributed by atoms with Crippen LogP contribution in [0.5, 0.6) is 11.5 Å². The number of hydrogen-bond acceptors (Lipinski definition) is 3. The Morgan fingerprint density at radius 1 is 0.905 bits per heavy atom. The molecule has 0 unspecified atom stereocenters. The summed E-state index contributed by atoms with van der Waals surface area (Å²) in [5.41, 5.74) is -0.608. The zero-order valence-electron chi connectivity index (χ0n) is 11.4. The van der Waals surface area contributed by atoms with Gasteiger partial charge in [0, 0.05) is 5.56 Å². The van der Waals surface area contributed by atoms with Crippen molar-refractivity contribution in [2.75, 3.05) is 0 Å². The van der Waals surface area contributed by atoms with Crippen molar-refractivity contribution in [3.63, 3.8) is 0 Å². The van der Waals surface area contributed by atoms with Gasteiger partial charge in [0.25, 0.3) is 0 Å². The predicted octanol–water partition coefficient (Wildman–Crippen LogP) is 3.15. The number of phenolic OH excluding ortho intramolecular Hbond substituents is 1. The van der Waals surface area contributed by atoms with E-state index in [-0.39, 0.29) is 5.75 Å². The molecular weight excluding hydrogens is 264 g/mol. The van der Waals surface area contributed by atoms with Crippen LogP contribution < -0.4 is 4.74 Å². The summed E-state index contributed by atoms with van der Waals surface area (Å²) in [5, 5.41) is 20.7. The number of ether oxygens (including phenoxy) is 1. The van der Waals surface area contributed by atoms with Gasteiger partial charge in [-0.2, -0.15) is 0 Å². The van der Waals surface area contributed by atoms with Crippen LogP contribution in [0.15, 0.2) is 78.9 Å². The van der Waals surface area contributed by atoms with Gasteiger partial charge in [0.15, 0.2) is 5.60 Å². The summed E-state index contributed by atoms with van der Waals surface area (Å²) in [6.07, 6.45) is 6.09. The number of rotatable bonds is 3. The van der Waals surface area contributed by atoms with Gasteiger partial charge in [0.2, 0.25) is 0 Å². The Bertz CT molecular complexity index is 676. The fraction of sp³-hybridized carbons (Fsp3) is 0.111. The largest absolute Gasteiger partial charge is 0.508 e. The molecule has 3 heteroatoms. The lowest BCUT2D eigenvalue weighted by Crippen LogP contribution is -2.43. The van der Waals surface area contributed by atoms with Crippen LogP contribution in [0.25, 0.3) is 0 Å². The Morgan fingerprint density at radius 3 is 2.33 bits per heavy atom. The van der Waals surface area contributed by atoms with Crippen LogP contribution in [0.2, 0.25) is 0 Å². The van der Waals surface area contributed by atoms with Crippen LogP contribution in [0.1, 0.15) is 5.56 Å². The van der Waals surface area contributed by atoms with Crippen LogP contribution in [0.3, 0.4) is 0 Å². The molecule has 2 aromatic carbocycles. The molecule has 0 aliphatic heterocycles. The summed E-state index contributed by atoms with van der Waals surface area (Å²) >= 11 is 0. The summed E-state index contributed by atoms with van der Waals surface area (Å²) in [7, 11) is 0. The lowest BCUT2D eigenvalue weighted by Gasteiger charge is -2.36. The molecule has 0 amide bonds. The molecule has 0 saturated carbocycles. The zero-order chi connectivity index (χ0) is 14.7. The van der Waals surface area contributed by atoms with E-state index in [1.54, 1.807) is 36.4 Å². The van der Waals surface area contributed by atoms with Gasteiger partial charge in [-0.05, 0) is 24.3 Å². The Kier molecular flexibility index (Phi) is 3.50. The molecule has 2 aromatic rings. The van der Waals surface area contributed by atoms with Gasteiger partial charge in [-0.15, -0.1) is 0 Å². The third kappa shape index (κ3) is 2.43. The van der Waals surface area contributed by atoms with Gasteiger partial charge in [0.1, 0.15) is 17.6 Å². The first-order valence-corrected chi connectivity index (χ1v) is 6.79. The van der Waals surface area contributed by atoms with E-state index in [4.69, 9.17) is 4.74 Å². The highest BCUT2D eigenvalue weighted by Gasteiger charge is 2.41. The SMILES string of the molecule is Oc1ccccc1[C@]1(Oc2ccccc2)C=CC=C[C@H]1O. The number of aromatic hydroxyl groups is 1. The molecule has 1 aliphatic carbocycles. The number of aliphatic hydroxyl groups is 1. The van der Waals surface area contributed by atoms with E-state index in [0.717, 1.165) is 0 Å². The summed E-state index contributed by atoms with van der Waals surface area (Å²) in [6.45, 7) is 0. The summed E-state index contributed by atoms with van der Waals surface area (Å²) in [6, 6.07) is 16.2. The molecule has 0 heterocycles. The molecule has 0 radical (unpaired) electrons. The molecule has 106 valence electrons. The van der Waals surface area contributed by atoms with Gasteiger partial charge in [-0.3, -0.25) is 0 Å². The number of aliphatic hydroxyl groups excluding tert-OH is 1. The summed E-state index contributed by atoms with van der Waals surface area (Å²) in [5.74, 6) is 0.715. The molecule has 3 rings (SSSR count). The Morgan fingerprint density at radius 2 is 1.62 bits per heavy atom. The molecule has 0 aromatic heterocycles. The quantitative estimate of drug-likeness (QED) is 0.908. The maximum Gasteiger partial charge on any atom is 0.185 e. The van der Waals surface area contributed by atoms with Crippen LogP contribution in [0.4, 0.5) is 0 Å². The molecular formula is C18H16O3. The smallest absolute Gasteiger partial charge is 0.185 e. The molecule has 2 N–H and O–H groups in total. The van der Waals surface area contributed by atoms with Crippen LogP contribution in [-0.2, 0) is 5.60 Å². The normalized spacial score (nSPS) is 24.0. The lowest BCUT2D eigenvalue weighted by molar-refractivity contribution is 0.000215. The monoisotopic (exact) mass is 280 g/mol. The van der Waals surface area contributed by atoms with E-state index in [0.29, 0.717) is 11.3 Å². The highest BCUT2D eigenvalue weighted by Crippen LogP contribution is 2.39. The van der Waals surface area contributed by atoms with Gasteiger partial charge in [0.05, 0.1) is 0 Å². The number of hydrogen-bond donors (Lipinski definition) is 2. The van der Waals surface area contributed by atoms with Crippen molar-refractivity contribution in [1.29, 1.82) is 0 Å². The van der Waals surface area contributed by atoms with E-state index in [9.17, 15) is 10.2 Å². The van der Waals surface area contributed by atoms with E-state index in [2.05, 4.69) is 0 Å². The number of para-hydroxylation sites is 2. The number of phenols is 1. The van der Waals surface area contributed by atoms with Gasteiger partial charge < -0.3 is 14.9 Å². The Balaban J connectivity index is 2.10.